The minimum atomic E-state index is -0.507. The van der Waals surface area contributed by atoms with Crippen LogP contribution in [-0.2, 0) is 11.3 Å². The lowest BCUT2D eigenvalue weighted by molar-refractivity contribution is 0.187. The Hall–Kier alpha value is -2.56. The maximum absolute atomic E-state index is 11.0. The number of nitrogens with one attached hydrogen (secondary N) is 2. The van der Waals surface area contributed by atoms with E-state index in [0.29, 0.717) is 12.2 Å². The predicted octanol–water partition coefficient (Wildman–Crippen LogP) is 3.18. The van der Waals surface area contributed by atoms with Gasteiger partial charge in [-0.25, -0.2) is 9.78 Å². The van der Waals surface area contributed by atoms with Crippen molar-refractivity contribution in [2.45, 2.75) is 13.5 Å². The van der Waals surface area contributed by atoms with Crippen LogP contribution in [0.15, 0.2) is 42.6 Å². The largest absolute Gasteiger partial charge is 0.453 e. The molecule has 0 spiro atoms. The predicted molar refractivity (Wildman–Crippen MR) is 78.8 cm³/mol. The SMILES string of the molecule is COC(=O)Nc1ccc(NCc2cccc(C)c2)nc1. The van der Waals surface area contributed by atoms with Crippen molar-refractivity contribution in [1.29, 1.82) is 0 Å². The number of aromatic nitrogens is 1. The third-order valence-electron chi connectivity index (χ3n) is 2.75. The van der Waals surface area contributed by atoms with Gasteiger partial charge in [-0.3, -0.25) is 5.32 Å². The van der Waals surface area contributed by atoms with Crippen LogP contribution in [0.1, 0.15) is 11.1 Å². The normalized spacial score (nSPS) is 9.90. The van der Waals surface area contributed by atoms with Crippen molar-refractivity contribution in [1.82, 2.24) is 4.98 Å². The number of hydrogen-bond donors (Lipinski definition) is 2. The van der Waals surface area contributed by atoms with E-state index in [-0.39, 0.29) is 0 Å². The minimum absolute atomic E-state index is 0.507. The van der Waals surface area contributed by atoms with E-state index in [1.165, 1.54) is 18.2 Å². The van der Waals surface area contributed by atoms with Gasteiger partial charge in [0.25, 0.3) is 0 Å². The zero-order valence-electron chi connectivity index (χ0n) is 11.5. The van der Waals surface area contributed by atoms with Crippen molar-refractivity contribution >= 4 is 17.6 Å². The molecular weight excluding hydrogens is 254 g/mol. The molecule has 1 aromatic carbocycles. The summed E-state index contributed by atoms with van der Waals surface area (Å²) in [5.74, 6) is 0.752. The molecule has 0 fully saturated rings. The van der Waals surface area contributed by atoms with Gasteiger partial charge in [-0.15, -0.1) is 0 Å². The summed E-state index contributed by atoms with van der Waals surface area (Å²) in [7, 11) is 1.32. The van der Waals surface area contributed by atoms with E-state index >= 15 is 0 Å². The average Bonchev–Trinajstić information content (AvgIpc) is 2.46. The maximum atomic E-state index is 11.0. The molecule has 0 atom stereocenters. The molecule has 1 amide bonds. The molecule has 5 nitrogen and oxygen atoms in total. The number of carbonyl (C=O) groups is 1. The second-order valence-corrected chi connectivity index (χ2v) is 4.39. The fraction of sp³-hybridized carbons (Fsp3) is 0.200. The molecule has 0 unspecified atom stereocenters. The number of hydrogen-bond acceptors (Lipinski definition) is 4. The first-order chi connectivity index (χ1) is 9.67. The molecule has 2 N–H and O–H groups in total. The van der Waals surface area contributed by atoms with E-state index < -0.39 is 6.09 Å². The second-order valence-electron chi connectivity index (χ2n) is 4.39. The number of aryl methyl sites for hydroxylation is 1. The molecule has 5 heteroatoms. The van der Waals surface area contributed by atoms with Crippen LogP contribution in [0.25, 0.3) is 0 Å². The van der Waals surface area contributed by atoms with Crippen molar-refractivity contribution in [2.75, 3.05) is 17.7 Å². The second kappa shape index (κ2) is 6.56. The molecule has 0 bridgehead atoms. The lowest BCUT2D eigenvalue weighted by Crippen LogP contribution is -2.11. The van der Waals surface area contributed by atoms with Crippen LogP contribution in [-0.4, -0.2) is 18.2 Å². The Balaban J connectivity index is 1.92. The van der Waals surface area contributed by atoms with Crippen LogP contribution in [0.3, 0.4) is 0 Å². The number of benzene rings is 1. The van der Waals surface area contributed by atoms with Gasteiger partial charge in [-0.05, 0) is 24.6 Å². The highest BCUT2D eigenvalue weighted by Gasteiger charge is 2.01. The van der Waals surface area contributed by atoms with Crippen molar-refractivity contribution in [3.05, 3.63) is 53.7 Å². The molecule has 0 aliphatic carbocycles. The van der Waals surface area contributed by atoms with Gasteiger partial charge in [-0.2, -0.15) is 0 Å². The first-order valence-electron chi connectivity index (χ1n) is 6.28. The van der Waals surface area contributed by atoms with E-state index in [9.17, 15) is 4.79 Å². The summed E-state index contributed by atoms with van der Waals surface area (Å²) in [5.41, 5.74) is 3.02. The Bertz CT molecular complexity index is 582. The highest BCUT2D eigenvalue weighted by Crippen LogP contribution is 2.11. The van der Waals surface area contributed by atoms with Gasteiger partial charge >= 0.3 is 6.09 Å². The Labute approximate surface area is 118 Å². The van der Waals surface area contributed by atoms with Gasteiger partial charge in [0.1, 0.15) is 5.82 Å². The molecule has 20 heavy (non-hydrogen) atoms. The first kappa shape index (κ1) is 13.9. The van der Waals surface area contributed by atoms with Crippen LogP contribution in [0.5, 0.6) is 0 Å². The quantitative estimate of drug-likeness (QED) is 0.896. The van der Waals surface area contributed by atoms with Gasteiger partial charge in [0, 0.05) is 6.54 Å². The summed E-state index contributed by atoms with van der Waals surface area (Å²) in [6, 6.07) is 11.9. The third kappa shape index (κ3) is 3.98. The van der Waals surface area contributed by atoms with Gasteiger partial charge in [0.15, 0.2) is 0 Å². The van der Waals surface area contributed by atoms with Crippen LogP contribution < -0.4 is 10.6 Å². The highest BCUT2D eigenvalue weighted by atomic mass is 16.5. The minimum Gasteiger partial charge on any atom is -0.453 e. The summed E-state index contributed by atoms with van der Waals surface area (Å²) in [5, 5.41) is 5.78. The summed E-state index contributed by atoms with van der Waals surface area (Å²) < 4.78 is 4.51. The molecule has 0 saturated carbocycles. The van der Waals surface area contributed by atoms with Gasteiger partial charge < -0.3 is 10.1 Å². The number of ether oxygens (including phenoxy) is 1. The Kier molecular flexibility index (Phi) is 4.55. The van der Waals surface area contributed by atoms with Crippen molar-refractivity contribution < 1.29 is 9.53 Å². The smallest absolute Gasteiger partial charge is 0.411 e. The monoisotopic (exact) mass is 271 g/mol. The number of methoxy groups -OCH3 is 1. The first-order valence-corrected chi connectivity index (χ1v) is 6.28. The van der Waals surface area contributed by atoms with E-state index in [1.807, 2.05) is 6.07 Å². The van der Waals surface area contributed by atoms with Gasteiger partial charge in [0.05, 0.1) is 19.0 Å². The van der Waals surface area contributed by atoms with Crippen molar-refractivity contribution in [2.24, 2.45) is 0 Å². The Morgan fingerprint density at radius 2 is 2.15 bits per heavy atom. The standard InChI is InChI=1S/C15H17N3O2/c1-11-4-3-5-12(8-11)9-16-14-7-6-13(10-17-14)18-15(19)20-2/h3-8,10H,9H2,1-2H3,(H,16,17)(H,18,19). The maximum Gasteiger partial charge on any atom is 0.411 e. The van der Waals surface area contributed by atoms with E-state index in [0.717, 1.165) is 5.82 Å². The molecule has 0 aliphatic rings. The highest BCUT2D eigenvalue weighted by molar-refractivity contribution is 5.84. The van der Waals surface area contributed by atoms with Crippen LogP contribution in [0.4, 0.5) is 16.3 Å². The summed E-state index contributed by atoms with van der Waals surface area (Å²) >= 11 is 0. The molecule has 0 saturated heterocycles. The number of nitrogens with zero attached hydrogens (tertiary/aromatic N) is 1. The molecule has 0 radical (unpaired) electrons. The Morgan fingerprint density at radius 1 is 1.30 bits per heavy atom. The number of carbonyl (C=O) groups excluding carboxylic acids is 1. The molecule has 2 aromatic rings. The Morgan fingerprint density at radius 3 is 2.80 bits per heavy atom. The van der Waals surface area contributed by atoms with E-state index in [4.69, 9.17) is 0 Å². The zero-order valence-corrected chi connectivity index (χ0v) is 11.5. The summed E-state index contributed by atoms with van der Waals surface area (Å²) in [6.07, 6.45) is 1.07. The van der Waals surface area contributed by atoms with Crippen LogP contribution >= 0.6 is 0 Å². The fourth-order valence-electron chi connectivity index (χ4n) is 1.76. The topological polar surface area (TPSA) is 63.2 Å². The summed E-state index contributed by atoms with van der Waals surface area (Å²) in [6.45, 7) is 2.77. The number of rotatable bonds is 4. The average molecular weight is 271 g/mol. The number of amides is 1. The fourth-order valence-corrected chi connectivity index (χ4v) is 1.76. The third-order valence-corrected chi connectivity index (χ3v) is 2.75. The molecule has 104 valence electrons. The molecule has 1 aromatic heterocycles. The van der Waals surface area contributed by atoms with Crippen molar-refractivity contribution in [3.8, 4) is 0 Å². The van der Waals surface area contributed by atoms with E-state index in [1.54, 1.807) is 18.3 Å². The van der Waals surface area contributed by atoms with Gasteiger partial charge in [0.2, 0.25) is 0 Å². The molecule has 1 heterocycles. The van der Waals surface area contributed by atoms with Gasteiger partial charge in [-0.1, -0.05) is 29.8 Å². The summed E-state index contributed by atoms with van der Waals surface area (Å²) in [4.78, 5) is 15.3. The molecular formula is C15H17N3O2. The van der Waals surface area contributed by atoms with Crippen molar-refractivity contribution in [3.63, 3.8) is 0 Å². The zero-order chi connectivity index (χ0) is 14.4. The molecule has 0 aliphatic heterocycles. The number of pyridine rings is 1. The van der Waals surface area contributed by atoms with Crippen LogP contribution in [0.2, 0.25) is 0 Å². The lowest BCUT2D eigenvalue weighted by atomic mass is 10.1. The number of anilines is 2. The lowest BCUT2D eigenvalue weighted by Gasteiger charge is -2.08. The van der Waals surface area contributed by atoms with E-state index in [2.05, 4.69) is 45.5 Å². The van der Waals surface area contributed by atoms with Crippen LogP contribution in [0, 0.1) is 6.92 Å². The molecule has 2 rings (SSSR count).